The molecule has 2 heterocycles. The van der Waals surface area contributed by atoms with E-state index in [1.54, 1.807) is 0 Å². The van der Waals surface area contributed by atoms with E-state index in [2.05, 4.69) is 14.7 Å². The molecule has 1 aliphatic heterocycles. The monoisotopic (exact) mass is 288 g/mol. The zero-order chi connectivity index (χ0) is 14.7. The number of hydrogen-bond donors (Lipinski definition) is 2. The first-order chi connectivity index (χ1) is 10.3. The molecule has 1 aromatic heterocycles. The second-order valence-corrected chi connectivity index (χ2v) is 5.36. The molecule has 0 saturated carbocycles. The van der Waals surface area contributed by atoms with Gasteiger partial charge in [0.2, 0.25) is 0 Å². The van der Waals surface area contributed by atoms with Gasteiger partial charge in [-0.15, -0.1) is 0 Å². The van der Waals surface area contributed by atoms with Gasteiger partial charge in [-0.2, -0.15) is 0 Å². The van der Waals surface area contributed by atoms with Gasteiger partial charge in [0.1, 0.15) is 11.7 Å². The lowest BCUT2D eigenvalue weighted by molar-refractivity contribution is 0.100. The molecule has 1 unspecified atom stereocenters. The van der Waals surface area contributed by atoms with E-state index in [9.17, 15) is 0 Å². The largest absolute Gasteiger partial charge is 0.409 e. The smallest absolute Gasteiger partial charge is 0.146 e. The molecular formula is C15H20N4O2. The molecule has 1 atom stereocenters. The van der Waals surface area contributed by atoms with Crippen molar-refractivity contribution in [2.75, 3.05) is 6.61 Å². The lowest BCUT2D eigenvalue weighted by Crippen LogP contribution is -2.19. The van der Waals surface area contributed by atoms with Gasteiger partial charge in [-0.25, -0.2) is 4.98 Å². The molecule has 6 heteroatoms. The number of hydrogen-bond acceptors (Lipinski definition) is 4. The van der Waals surface area contributed by atoms with Gasteiger partial charge in [-0.1, -0.05) is 17.3 Å². The van der Waals surface area contributed by atoms with Crippen LogP contribution in [-0.2, 0) is 17.7 Å². The molecule has 3 N–H and O–H groups in total. The summed E-state index contributed by atoms with van der Waals surface area (Å²) < 4.78 is 7.83. The zero-order valence-electron chi connectivity index (χ0n) is 11.9. The van der Waals surface area contributed by atoms with E-state index in [0.29, 0.717) is 12.5 Å². The fourth-order valence-corrected chi connectivity index (χ4v) is 2.85. The standard InChI is InChI=1S/C15H20N4O2/c16-14(18-20)10-15-17-12-5-1-2-6-13(12)19(15)8-7-11-4-3-9-21-11/h1-2,5-6,11,20H,3-4,7-10H2,(H2,16,18). The van der Waals surface area contributed by atoms with E-state index in [0.717, 1.165) is 49.3 Å². The van der Waals surface area contributed by atoms with Gasteiger partial charge >= 0.3 is 0 Å². The lowest BCUT2D eigenvalue weighted by Gasteiger charge is -2.12. The maximum absolute atomic E-state index is 8.77. The predicted octanol–water partition coefficient (Wildman–Crippen LogP) is 1.89. The lowest BCUT2D eigenvalue weighted by atomic mass is 10.2. The number of aromatic nitrogens is 2. The number of para-hydroxylation sites is 2. The van der Waals surface area contributed by atoms with E-state index in [1.807, 2.05) is 24.3 Å². The Hall–Kier alpha value is -2.08. The Balaban J connectivity index is 1.87. The van der Waals surface area contributed by atoms with Crippen LogP contribution in [0.25, 0.3) is 11.0 Å². The molecule has 1 aliphatic rings. The number of oxime groups is 1. The predicted molar refractivity (Wildman–Crippen MR) is 80.4 cm³/mol. The molecule has 21 heavy (non-hydrogen) atoms. The summed E-state index contributed by atoms with van der Waals surface area (Å²) in [5.41, 5.74) is 7.65. The van der Waals surface area contributed by atoms with E-state index < -0.39 is 0 Å². The normalized spacial score (nSPS) is 19.4. The number of nitrogens with zero attached hydrogens (tertiary/aromatic N) is 3. The molecule has 1 fully saturated rings. The van der Waals surface area contributed by atoms with Gasteiger partial charge in [0.25, 0.3) is 0 Å². The molecular weight excluding hydrogens is 268 g/mol. The van der Waals surface area contributed by atoms with E-state index >= 15 is 0 Å². The summed E-state index contributed by atoms with van der Waals surface area (Å²) in [5, 5.41) is 11.8. The van der Waals surface area contributed by atoms with Crippen LogP contribution in [0.4, 0.5) is 0 Å². The van der Waals surface area contributed by atoms with Crippen molar-refractivity contribution >= 4 is 16.9 Å². The summed E-state index contributed by atoms with van der Waals surface area (Å²) >= 11 is 0. The third-order valence-electron chi connectivity index (χ3n) is 3.90. The van der Waals surface area contributed by atoms with Crippen LogP contribution in [0, 0.1) is 0 Å². The summed E-state index contributed by atoms with van der Waals surface area (Å²) in [4.78, 5) is 4.60. The Kier molecular flexibility index (Phi) is 4.06. The number of benzene rings is 1. The fourth-order valence-electron chi connectivity index (χ4n) is 2.85. The summed E-state index contributed by atoms with van der Waals surface area (Å²) in [7, 11) is 0. The molecule has 0 spiro atoms. The van der Waals surface area contributed by atoms with Crippen LogP contribution >= 0.6 is 0 Å². The second kappa shape index (κ2) is 6.13. The van der Waals surface area contributed by atoms with E-state index in [1.165, 1.54) is 0 Å². The average Bonchev–Trinajstić information content (AvgIpc) is 3.12. The van der Waals surface area contributed by atoms with Crippen molar-refractivity contribution in [2.24, 2.45) is 10.9 Å². The molecule has 6 nitrogen and oxygen atoms in total. The second-order valence-electron chi connectivity index (χ2n) is 5.36. The minimum absolute atomic E-state index is 0.170. The Morgan fingerprint density at radius 3 is 3.10 bits per heavy atom. The summed E-state index contributed by atoms with van der Waals surface area (Å²) in [5.74, 6) is 0.994. The van der Waals surface area contributed by atoms with Crippen molar-refractivity contribution in [2.45, 2.75) is 38.3 Å². The van der Waals surface area contributed by atoms with Gasteiger partial charge in [-0.3, -0.25) is 0 Å². The first-order valence-electron chi connectivity index (χ1n) is 7.30. The van der Waals surface area contributed by atoms with Crippen molar-refractivity contribution in [3.05, 3.63) is 30.1 Å². The number of ether oxygens (including phenoxy) is 1. The van der Waals surface area contributed by atoms with Crippen molar-refractivity contribution < 1.29 is 9.94 Å². The molecule has 1 saturated heterocycles. The van der Waals surface area contributed by atoms with Crippen LogP contribution in [0.15, 0.2) is 29.4 Å². The topological polar surface area (TPSA) is 85.7 Å². The highest BCUT2D eigenvalue weighted by Crippen LogP contribution is 2.20. The zero-order valence-corrected chi connectivity index (χ0v) is 11.9. The average molecular weight is 288 g/mol. The van der Waals surface area contributed by atoms with Gasteiger partial charge in [0, 0.05) is 13.2 Å². The third kappa shape index (κ3) is 3.00. The molecule has 0 amide bonds. The highest BCUT2D eigenvalue weighted by Gasteiger charge is 2.17. The van der Waals surface area contributed by atoms with E-state index in [4.69, 9.17) is 15.7 Å². The third-order valence-corrected chi connectivity index (χ3v) is 3.90. The first-order valence-corrected chi connectivity index (χ1v) is 7.30. The SMILES string of the molecule is NC(Cc1nc2ccccc2n1CCC1CCCO1)=NO. The van der Waals surface area contributed by atoms with Crippen molar-refractivity contribution in [1.29, 1.82) is 0 Å². The molecule has 0 bridgehead atoms. The molecule has 112 valence electrons. The van der Waals surface area contributed by atoms with Crippen LogP contribution in [0.1, 0.15) is 25.1 Å². The number of imidazole rings is 1. The minimum atomic E-state index is 0.170. The number of amidine groups is 1. The van der Waals surface area contributed by atoms with Crippen molar-refractivity contribution in [1.82, 2.24) is 9.55 Å². The quantitative estimate of drug-likeness (QED) is 0.381. The summed E-state index contributed by atoms with van der Waals surface area (Å²) in [6.45, 7) is 1.70. The molecule has 0 radical (unpaired) electrons. The van der Waals surface area contributed by atoms with Crippen LogP contribution in [0.5, 0.6) is 0 Å². The van der Waals surface area contributed by atoms with Gasteiger partial charge in [-0.05, 0) is 31.4 Å². The van der Waals surface area contributed by atoms with Crippen molar-refractivity contribution in [3.8, 4) is 0 Å². The van der Waals surface area contributed by atoms with Gasteiger partial charge in [0.05, 0.1) is 23.6 Å². The minimum Gasteiger partial charge on any atom is -0.409 e. The highest BCUT2D eigenvalue weighted by molar-refractivity contribution is 5.83. The molecule has 1 aromatic carbocycles. The summed E-state index contributed by atoms with van der Waals surface area (Å²) in [6.07, 6.45) is 3.91. The Labute approximate surface area is 123 Å². The first kappa shape index (κ1) is 13.9. The molecule has 2 aromatic rings. The van der Waals surface area contributed by atoms with E-state index in [-0.39, 0.29) is 5.84 Å². The highest BCUT2D eigenvalue weighted by atomic mass is 16.5. The molecule has 0 aliphatic carbocycles. The van der Waals surface area contributed by atoms with Crippen LogP contribution in [0.3, 0.4) is 0 Å². The number of rotatable bonds is 5. The number of fused-ring (bicyclic) bond motifs is 1. The number of aryl methyl sites for hydroxylation is 1. The van der Waals surface area contributed by atoms with Crippen LogP contribution < -0.4 is 5.73 Å². The number of nitrogens with two attached hydrogens (primary N) is 1. The molecule has 3 rings (SSSR count). The summed E-state index contributed by atoms with van der Waals surface area (Å²) in [6, 6.07) is 7.99. The van der Waals surface area contributed by atoms with Gasteiger partial charge in [0.15, 0.2) is 0 Å². The maximum atomic E-state index is 8.77. The van der Waals surface area contributed by atoms with Crippen LogP contribution in [-0.4, -0.2) is 33.3 Å². The Morgan fingerprint density at radius 1 is 1.48 bits per heavy atom. The maximum Gasteiger partial charge on any atom is 0.146 e. The Bertz CT molecular complexity index is 644. The van der Waals surface area contributed by atoms with Crippen LogP contribution in [0.2, 0.25) is 0 Å². The van der Waals surface area contributed by atoms with Gasteiger partial charge < -0.3 is 20.2 Å². The Morgan fingerprint density at radius 2 is 2.33 bits per heavy atom. The fraction of sp³-hybridized carbons (Fsp3) is 0.467. The van der Waals surface area contributed by atoms with Crippen molar-refractivity contribution in [3.63, 3.8) is 0 Å².